The van der Waals surface area contributed by atoms with Crippen molar-refractivity contribution in [3.63, 3.8) is 0 Å². The SMILES string of the molecule is COc1cccc(C(Sc2ccc(C)cc2)C(C)N)c1. The Morgan fingerprint density at radius 1 is 1.10 bits per heavy atom. The quantitative estimate of drug-likeness (QED) is 0.838. The average Bonchev–Trinajstić information content (AvgIpc) is 2.46. The molecule has 106 valence electrons. The van der Waals surface area contributed by atoms with E-state index in [-0.39, 0.29) is 11.3 Å². The van der Waals surface area contributed by atoms with Crippen molar-refractivity contribution in [2.45, 2.75) is 30.0 Å². The fraction of sp³-hybridized carbons (Fsp3) is 0.294. The van der Waals surface area contributed by atoms with Gasteiger partial charge in [-0.3, -0.25) is 0 Å². The minimum Gasteiger partial charge on any atom is -0.497 e. The van der Waals surface area contributed by atoms with Gasteiger partial charge in [0.25, 0.3) is 0 Å². The lowest BCUT2D eigenvalue weighted by atomic mass is 10.1. The van der Waals surface area contributed by atoms with Crippen molar-refractivity contribution in [1.82, 2.24) is 0 Å². The fourth-order valence-corrected chi connectivity index (χ4v) is 3.14. The maximum atomic E-state index is 6.18. The minimum atomic E-state index is 0.0633. The topological polar surface area (TPSA) is 35.2 Å². The smallest absolute Gasteiger partial charge is 0.119 e. The Bertz CT molecular complexity index is 551. The summed E-state index contributed by atoms with van der Waals surface area (Å²) in [5.74, 6) is 0.873. The average molecular weight is 287 g/mol. The lowest BCUT2D eigenvalue weighted by Crippen LogP contribution is -2.22. The number of methoxy groups -OCH3 is 1. The summed E-state index contributed by atoms with van der Waals surface area (Å²) >= 11 is 1.80. The first-order chi connectivity index (χ1) is 9.60. The zero-order chi connectivity index (χ0) is 14.5. The second-order valence-electron chi connectivity index (χ2n) is 4.99. The van der Waals surface area contributed by atoms with Crippen LogP contribution in [0.25, 0.3) is 0 Å². The molecule has 0 aliphatic rings. The van der Waals surface area contributed by atoms with Crippen LogP contribution in [0, 0.1) is 6.92 Å². The van der Waals surface area contributed by atoms with Gasteiger partial charge in [-0.05, 0) is 43.7 Å². The first-order valence-electron chi connectivity index (χ1n) is 6.73. The summed E-state index contributed by atoms with van der Waals surface area (Å²) in [6, 6.07) is 16.8. The van der Waals surface area contributed by atoms with Gasteiger partial charge in [0.2, 0.25) is 0 Å². The zero-order valence-electron chi connectivity index (χ0n) is 12.2. The molecule has 20 heavy (non-hydrogen) atoms. The van der Waals surface area contributed by atoms with Gasteiger partial charge in [0.05, 0.1) is 7.11 Å². The zero-order valence-corrected chi connectivity index (χ0v) is 13.0. The lowest BCUT2D eigenvalue weighted by Gasteiger charge is -2.21. The van der Waals surface area contributed by atoms with E-state index in [1.807, 2.05) is 19.1 Å². The molecular weight excluding hydrogens is 266 g/mol. The van der Waals surface area contributed by atoms with Crippen LogP contribution in [-0.4, -0.2) is 13.2 Å². The second-order valence-corrected chi connectivity index (χ2v) is 6.20. The van der Waals surface area contributed by atoms with Crippen molar-refractivity contribution >= 4 is 11.8 Å². The van der Waals surface area contributed by atoms with Crippen molar-refractivity contribution in [3.8, 4) is 5.75 Å². The molecule has 2 N–H and O–H groups in total. The molecule has 0 spiro atoms. The van der Waals surface area contributed by atoms with Gasteiger partial charge in [-0.2, -0.15) is 0 Å². The maximum absolute atomic E-state index is 6.18. The Morgan fingerprint density at radius 2 is 1.80 bits per heavy atom. The molecule has 0 aliphatic carbocycles. The highest BCUT2D eigenvalue weighted by atomic mass is 32.2. The normalized spacial score (nSPS) is 13.8. The number of hydrogen-bond donors (Lipinski definition) is 1. The van der Waals surface area contributed by atoms with E-state index in [9.17, 15) is 0 Å². The molecule has 2 aromatic rings. The number of hydrogen-bond acceptors (Lipinski definition) is 3. The first kappa shape index (κ1) is 14.9. The molecule has 2 nitrogen and oxygen atoms in total. The highest BCUT2D eigenvalue weighted by Crippen LogP contribution is 2.38. The van der Waals surface area contributed by atoms with Gasteiger partial charge in [-0.25, -0.2) is 0 Å². The minimum absolute atomic E-state index is 0.0633. The highest BCUT2D eigenvalue weighted by molar-refractivity contribution is 7.99. The van der Waals surface area contributed by atoms with Gasteiger partial charge in [-0.1, -0.05) is 29.8 Å². The molecule has 0 saturated heterocycles. The van der Waals surface area contributed by atoms with Crippen LogP contribution in [0.15, 0.2) is 53.4 Å². The van der Waals surface area contributed by atoms with Crippen molar-refractivity contribution in [3.05, 3.63) is 59.7 Å². The van der Waals surface area contributed by atoms with Crippen LogP contribution < -0.4 is 10.5 Å². The summed E-state index contributed by atoms with van der Waals surface area (Å²) in [4.78, 5) is 1.24. The van der Waals surface area contributed by atoms with Crippen LogP contribution in [0.3, 0.4) is 0 Å². The number of ether oxygens (including phenoxy) is 1. The van der Waals surface area contributed by atoms with Gasteiger partial charge >= 0.3 is 0 Å². The third-order valence-electron chi connectivity index (χ3n) is 3.18. The van der Waals surface area contributed by atoms with Crippen LogP contribution in [0.1, 0.15) is 23.3 Å². The van der Waals surface area contributed by atoms with E-state index in [0.717, 1.165) is 5.75 Å². The van der Waals surface area contributed by atoms with Gasteiger partial charge < -0.3 is 10.5 Å². The molecule has 0 fully saturated rings. The van der Waals surface area contributed by atoms with Crippen molar-refractivity contribution in [2.24, 2.45) is 5.73 Å². The Balaban J connectivity index is 2.24. The number of aryl methyl sites for hydroxylation is 1. The van der Waals surface area contributed by atoms with E-state index in [1.165, 1.54) is 16.0 Å². The molecule has 0 aromatic heterocycles. The first-order valence-corrected chi connectivity index (χ1v) is 7.61. The molecule has 2 atom stereocenters. The molecule has 3 heteroatoms. The monoisotopic (exact) mass is 287 g/mol. The van der Waals surface area contributed by atoms with E-state index in [2.05, 4.69) is 43.3 Å². The summed E-state index contributed by atoms with van der Waals surface area (Å²) in [5.41, 5.74) is 8.65. The largest absolute Gasteiger partial charge is 0.497 e. The number of rotatable bonds is 5. The van der Waals surface area contributed by atoms with E-state index in [0.29, 0.717) is 0 Å². The van der Waals surface area contributed by atoms with Crippen LogP contribution >= 0.6 is 11.8 Å². The Labute approximate surface area is 125 Å². The molecular formula is C17H21NOS. The van der Waals surface area contributed by atoms with Crippen LogP contribution in [-0.2, 0) is 0 Å². The van der Waals surface area contributed by atoms with E-state index < -0.39 is 0 Å². The maximum Gasteiger partial charge on any atom is 0.119 e. The summed E-state index contributed by atoms with van der Waals surface area (Å²) in [6.45, 7) is 4.14. The van der Waals surface area contributed by atoms with E-state index >= 15 is 0 Å². The number of nitrogens with two attached hydrogens (primary N) is 1. The van der Waals surface area contributed by atoms with Crippen molar-refractivity contribution in [2.75, 3.05) is 7.11 Å². The Morgan fingerprint density at radius 3 is 2.40 bits per heavy atom. The molecule has 0 saturated carbocycles. The standard InChI is InChI=1S/C17H21NOS/c1-12-7-9-16(10-8-12)20-17(13(2)18)14-5-4-6-15(11-14)19-3/h4-11,13,17H,18H2,1-3H3. The van der Waals surface area contributed by atoms with E-state index in [4.69, 9.17) is 10.5 Å². The van der Waals surface area contributed by atoms with Gasteiger partial charge in [0.1, 0.15) is 5.75 Å². The predicted octanol–water partition coefficient (Wildman–Crippen LogP) is 4.18. The molecule has 2 rings (SSSR count). The predicted molar refractivity (Wildman–Crippen MR) is 86.4 cm³/mol. The lowest BCUT2D eigenvalue weighted by molar-refractivity contribution is 0.414. The highest BCUT2D eigenvalue weighted by Gasteiger charge is 2.18. The molecule has 2 aromatic carbocycles. The van der Waals surface area contributed by atoms with Crippen LogP contribution in [0.4, 0.5) is 0 Å². The van der Waals surface area contributed by atoms with Crippen molar-refractivity contribution in [1.29, 1.82) is 0 Å². The van der Waals surface area contributed by atoms with Gasteiger partial charge in [0.15, 0.2) is 0 Å². The van der Waals surface area contributed by atoms with Crippen LogP contribution in [0.2, 0.25) is 0 Å². The van der Waals surface area contributed by atoms with E-state index in [1.54, 1.807) is 18.9 Å². The van der Waals surface area contributed by atoms with Gasteiger partial charge in [-0.15, -0.1) is 11.8 Å². The molecule has 0 bridgehead atoms. The number of thioether (sulfide) groups is 1. The fourth-order valence-electron chi connectivity index (χ4n) is 2.06. The summed E-state index contributed by atoms with van der Waals surface area (Å²) in [6.07, 6.45) is 0. The molecule has 0 heterocycles. The van der Waals surface area contributed by atoms with Gasteiger partial charge in [0, 0.05) is 16.2 Å². The molecule has 0 aliphatic heterocycles. The third-order valence-corrected chi connectivity index (χ3v) is 4.68. The van der Waals surface area contributed by atoms with Crippen molar-refractivity contribution < 1.29 is 4.74 Å². The molecule has 2 unspecified atom stereocenters. The third kappa shape index (κ3) is 3.78. The Hall–Kier alpha value is -1.45. The summed E-state index contributed by atoms with van der Waals surface area (Å²) in [7, 11) is 1.69. The Kier molecular flexibility index (Phi) is 5.10. The summed E-state index contributed by atoms with van der Waals surface area (Å²) < 4.78 is 5.30. The summed E-state index contributed by atoms with van der Waals surface area (Å²) in [5, 5.41) is 0.216. The van der Waals surface area contributed by atoms with Crippen LogP contribution in [0.5, 0.6) is 5.75 Å². The number of benzene rings is 2. The molecule has 0 radical (unpaired) electrons. The second kappa shape index (κ2) is 6.82. The molecule has 0 amide bonds.